The molecule has 2 N–H and O–H groups in total. The smallest absolute Gasteiger partial charge is 0.278 e. The number of aliphatic carboxylic acids is 1. The van der Waals surface area contributed by atoms with E-state index < -0.39 is 5.97 Å². The Labute approximate surface area is 123 Å². The zero-order chi connectivity index (χ0) is 15.2. The van der Waals surface area contributed by atoms with Crippen molar-refractivity contribution in [2.75, 3.05) is 6.54 Å². The minimum Gasteiger partial charge on any atom is -0.550 e. The summed E-state index contributed by atoms with van der Waals surface area (Å²) in [5.41, 5.74) is 0.889. The van der Waals surface area contributed by atoms with Gasteiger partial charge in [0.1, 0.15) is 6.54 Å². The molecule has 114 valence electrons. The van der Waals surface area contributed by atoms with Gasteiger partial charge < -0.3 is 15.2 Å². The first-order valence-electron chi connectivity index (χ1n) is 7.32. The molecule has 6 nitrogen and oxygen atoms in total. The van der Waals surface area contributed by atoms with Crippen LogP contribution in [-0.4, -0.2) is 17.4 Å². The Hall–Kier alpha value is -1.95. The molecule has 0 aliphatic heterocycles. The summed E-state index contributed by atoms with van der Waals surface area (Å²) < 4.78 is 0. The number of carbonyl (C=O) groups is 1. The summed E-state index contributed by atoms with van der Waals surface area (Å²) in [6.07, 6.45) is 3.16. The molecule has 1 fully saturated rings. The maximum Gasteiger partial charge on any atom is 0.278 e. The van der Waals surface area contributed by atoms with Crippen LogP contribution >= 0.6 is 0 Å². The lowest BCUT2D eigenvalue weighted by atomic mass is 9.82. The van der Waals surface area contributed by atoms with Gasteiger partial charge in [-0.25, -0.2) is 0 Å². The molecular weight excluding hydrogens is 272 g/mol. The summed E-state index contributed by atoms with van der Waals surface area (Å²) in [7, 11) is 0. The molecule has 0 heterocycles. The molecule has 6 heteroatoms. The minimum atomic E-state index is -0.933. The number of nitrogens with two attached hydrogens (primary N) is 1. The molecule has 0 radical (unpaired) electrons. The zero-order valence-electron chi connectivity index (χ0n) is 11.9. The Kier molecular flexibility index (Phi) is 5.27. The van der Waals surface area contributed by atoms with Gasteiger partial charge in [-0.05, 0) is 37.7 Å². The van der Waals surface area contributed by atoms with Crippen molar-refractivity contribution in [2.45, 2.75) is 32.2 Å². The second-order valence-corrected chi connectivity index (χ2v) is 5.65. The van der Waals surface area contributed by atoms with E-state index in [9.17, 15) is 20.0 Å². The first kappa shape index (κ1) is 15.4. The molecule has 2 rings (SSSR count). The van der Waals surface area contributed by atoms with Gasteiger partial charge in [-0.1, -0.05) is 12.1 Å². The Balaban J connectivity index is 1.78. The van der Waals surface area contributed by atoms with Crippen LogP contribution in [0.25, 0.3) is 0 Å². The molecule has 0 amide bonds. The molecule has 1 aliphatic carbocycles. The predicted molar refractivity (Wildman–Crippen MR) is 74.0 cm³/mol. The largest absolute Gasteiger partial charge is 0.550 e. The summed E-state index contributed by atoms with van der Waals surface area (Å²) >= 11 is 0. The van der Waals surface area contributed by atoms with Crippen molar-refractivity contribution < 1.29 is 20.1 Å². The van der Waals surface area contributed by atoms with Crippen LogP contribution in [0.2, 0.25) is 0 Å². The maximum absolute atomic E-state index is 10.9. The third kappa shape index (κ3) is 4.26. The van der Waals surface area contributed by atoms with Crippen molar-refractivity contribution in [1.29, 1.82) is 0 Å². The van der Waals surface area contributed by atoms with Crippen molar-refractivity contribution in [3.05, 3.63) is 39.9 Å². The highest BCUT2D eigenvalue weighted by atomic mass is 16.6. The molecule has 21 heavy (non-hydrogen) atoms. The standard InChI is InChI=1S/C15H20N2O4/c18-15(19)12-7-5-11(6-8-12)9-16-10-13-3-1-2-4-14(13)17(20)21/h1-4,11-12,16H,5-10H2,(H,18,19). The van der Waals surface area contributed by atoms with Crippen LogP contribution in [0.1, 0.15) is 31.2 Å². The van der Waals surface area contributed by atoms with Crippen molar-refractivity contribution in [1.82, 2.24) is 0 Å². The topological polar surface area (TPSA) is 99.9 Å². The third-order valence-corrected chi connectivity index (χ3v) is 4.23. The summed E-state index contributed by atoms with van der Waals surface area (Å²) in [6, 6.07) is 6.78. The van der Waals surface area contributed by atoms with Crippen molar-refractivity contribution in [2.24, 2.45) is 11.8 Å². The highest BCUT2D eigenvalue weighted by Crippen LogP contribution is 2.27. The first-order valence-corrected chi connectivity index (χ1v) is 7.32. The molecule has 0 saturated heterocycles. The van der Waals surface area contributed by atoms with Gasteiger partial charge in [0.05, 0.1) is 17.0 Å². The molecule has 0 unspecified atom stereocenters. The van der Waals surface area contributed by atoms with Crippen LogP contribution < -0.4 is 10.4 Å². The molecule has 1 aromatic carbocycles. The molecule has 1 saturated carbocycles. The molecule has 1 aliphatic rings. The van der Waals surface area contributed by atoms with Gasteiger partial charge in [-0.15, -0.1) is 0 Å². The Bertz CT molecular complexity index is 510. The monoisotopic (exact) mass is 292 g/mol. The lowest BCUT2D eigenvalue weighted by Crippen LogP contribution is -2.84. The van der Waals surface area contributed by atoms with Crippen LogP contribution in [-0.2, 0) is 11.3 Å². The van der Waals surface area contributed by atoms with Crippen molar-refractivity contribution in [3.63, 3.8) is 0 Å². The van der Waals surface area contributed by atoms with Gasteiger partial charge in [-0.3, -0.25) is 10.1 Å². The fraction of sp³-hybridized carbons (Fsp3) is 0.533. The number of rotatable bonds is 6. The second kappa shape index (κ2) is 7.17. The minimum absolute atomic E-state index is 0.161. The van der Waals surface area contributed by atoms with Crippen LogP contribution in [0.4, 0.5) is 5.69 Å². The molecule has 0 atom stereocenters. The SMILES string of the molecule is O=C([O-])C1CCC(C[NH2+]Cc2ccccc2[N+](=O)[O-])CC1. The van der Waals surface area contributed by atoms with Gasteiger partial charge in [0.2, 0.25) is 0 Å². The van der Waals surface area contributed by atoms with E-state index in [1.807, 2.05) is 0 Å². The van der Waals surface area contributed by atoms with Crippen molar-refractivity contribution in [3.8, 4) is 0 Å². The van der Waals surface area contributed by atoms with Gasteiger partial charge in [-0.2, -0.15) is 0 Å². The zero-order valence-corrected chi connectivity index (χ0v) is 11.9. The van der Waals surface area contributed by atoms with Crippen molar-refractivity contribution >= 4 is 11.7 Å². The summed E-state index contributed by atoms with van der Waals surface area (Å²) in [5, 5.41) is 23.8. The Morgan fingerprint density at radius 2 is 1.90 bits per heavy atom. The lowest BCUT2D eigenvalue weighted by molar-refractivity contribution is -0.677. The van der Waals surface area contributed by atoms with Gasteiger partial charge >= 0.3 is 0 Å². The Morgan fingerprint density at radius 3 is 2.52 bits per heavy atom. The van der Waals surface area contributed by atoms with E-state index in [0.29, 0.717) is 25.3 Å². The Morgan fingerprint density at radius 1 is 1.24 bits per heavy atom. The average Bonchev–Trinajstić information content (AvgIpc) is 2.48. The first-order chi connectivity index (χ1) is 10.1. The number of hydrogen-bond donors (Lipinski definition) is 1. The fourth-order valence-electron chi connectivity index (χ4n) is 2.97. The number of para-hydroxylation sites is 1. The molecule has 0 bridgehead atoms. The number of nitrogens with zero attached hydrogens (tertiary/aromatic N) is 1. The summed E-state index contributed by atoms with van der Waals surface area (Å²) in [5.74, 6) is -0.739. The van der Waals surface area contributed by atoms with Crippen LogP contribution in [0, 0.1) is 22.0 Å². The number of benzene rings is 1. The van der Waals surface area contributed by atoms with E-state index in [0.717, 1.165) is 24.9 Å². The van der Waals surface area contributed by atoms with Gasteiger partial charge in [0, 0.05) is 18.0 Å². The normalized spacial score (nSPS) is 21.9. The van der Waals surface area contributed by atoms with Crippen LogP contribution in [0.15, 0.2) is 24.3 Å². The van der Waals surface area contributed by atoms with E-state index >= 15 is 0 Å². The van der Waals surface area contributed by atoms with E-state index in [1.54, 1.807) is 18.2 Å². The van der Waals surface area contributed by atoms with Gasteiger partial charge in [0.15, 0.2) is 0 Å². The predicted octanol–water partition coefficient (Wildman–Crippen LogP) is 0.215. The van der Waals surface area contributed by atoms with Gasteiger partial charge in [0.25, 0.3) is 5.69 Å². The lowest BCUT2D eigenvalue weighted by Gasteiger charge is -2.27. The number of nitro benzene ring substituents is 1. The van der Waals surface area contributed by atoms with E-state index in [1.165, 1.54) is 6.07 Å². The number of quaternary nitrogens is 1. The number of carboxylic acids is 1. The number of hydrogen-bond acceptors (Lipinski definition) is 4. The number of carbonyl (C=O) groups excluding carboxylic acids is 1. The molecule has 0 aromatic heterocycles. The highest BCUT2D eigenvalue weighted by Gasteiger charge is 2.23. The van der Waals surface area contributed by atoms with E-state index in [-0.39, 0.29) is 16.5 Å². The maximum atomic E-state index is 10.9. The third-order valence-electron chi connectivity index (χ3n) is 4.23. The summed E-state index contributed by atoms with van der Waals surface area (Å²) in [4.78, 5) is 21.3. The quantitative estimate of drug-likeness (QED) is 0.598. The van der Waals surface area contributed by atoms with Crippen LogP contribution in [0.5, 0.6) is 0 Å². The highest BCUT2D eigenvalue weighted by molar-refractivity contribution is 5.67. The number of carboxylic acid groups (broad SMARTS) is 1. The van der Waals surface area contributed by atoms with Crippen LogP contribution in [0.3, 0.4) is 0 Å². The number of nitro groups is 1. The molecule has 1 aromatic rings. The molecular formula is C15H20N2O4. The molecule has 0 spiro atoms. The van der Waals surface area contributed by atoms with E-state index in [2.05, 4.69) is 5.32 Å². The average molecular weight is 292 g/mol. The fourth-order valence-corrected chi connectivity index (χ4v) is 2.97. The summed E-state index contributed by atoms with van der Waals surface area (Å²) in [6.45, 7) is 1.46. The second-order valence-electron chi connectivity index (χ2n) is 5.65. The van der Waals surface area contributed by atoms with E-state index in [4.69, 9.17) is 0 Å².